The molecule has 9 heteroatoms. The van der Waals surface area contributed by atoms with E-state index in [9.17, 15) is 0 Å². The van der Waals surface area contributed by atoms with E-state index in [1.54, 1.807) is 0 Å². The van der Waals surface area contributed by atoms with Gasteiger partial charge >= 0.3 is 10.4 Å². The maximum absolute atomic E-state index is 8.74. The van der Waals surface area contributed by atoms with Crippen molar-refractivity contribution >= 4 is 10.4 Å². The molecule has 1 fully saturated rings. The van der Waals surface area contributed by atoms with Crippen molar-refractivity contribution in [1.29, 1.82) is 0 Å². The molecule has 1 saturated heterocycles. The van der Waals surface area contributed by atoms with Crippen LogP contribution in [0.2, 0.25) is 0 Å². The summed E-state index contributed by atoms with van der Waals surface area (Å²) >= 11 is 0. The fourth-order valence-corrected chi connectivity index (χ4v) is 4.51. The zero-order valence-corrected chi connectivity index (χ0v) is 24.7. The lowest BCUT2D eigenvalue weighted by atomic mass is 10.0. The molecule has 0 bridgehead atoms. The zero-order chi connectivity index (χ0) is 27.4. The molecule has 6 N–H and O–H groups in total. The average molecular weight is 527 g/mol. The van der Waals surface area contributed by atoms with Gasteiger partial charge < -0.3 is 11.5 Å². The van der Waals surface area contributed by atoms with Crippen molar-refractivity contribution in [3.63, 3.8) is 0 Å². The molecular weight excluding hydrogens is 464 g/mol. The Bertz CT molecular complexity index is 486. The van der Waals surface area contributed by atoms with E-state index in [1.807, 2.05) is 0 Å². The molecule has 0 aromatic carbocycles. The Morgan fingerprint density at radius 2 is 1.00 bits per heavy atom. The fourth-order valence-electron chi connectivity index (χ4n) is 4.51. The number of unbranched alkanes of at least 4 members (excludes halogenated alkanes) is 14. The Kier molecular flexibility index (Phi) is 33.6. The molecule has 0 amide bonds. The highest BCUT2D eigenvalue weighted by Crippen LogP contribution is 2.20. The highest BCUT2D eigenvalue weighted by Gasteiger charge is 2.27. The first-order valence-electron chi connectivity index (χ1n) is 14.1. The second-order valence-electron chi connectivity index (χ2n) is 9.18. The summed E-state index contributed by atoms with van der Waals surface area (Å²) in [7, 11) is 0.644. The summed E-state index contributed by atoms with van der Waals surface area (Å²) < 4.78 is 31.6. The number of likely N-dealkylation sites (N-methyl/N-ethyl adjacent to an activating group) is 1. The van der Waals surface area contributed by atoms with Crippen LogP contribution >= 0.6 is 0 Å². The molecule has 1 atom stereocenters. The van der Waals surface area contributed by atoms with E-state index in [0.717, 1.165) is 6.17 Å². The Morgan fingerprint density at radius 3 is 1.34 bits per heavy atom. The van der Waals surface area contributed by atoms with Gasteiger partial charge in [-0.15, -0.1) is 0 Å². The van der Waals surface area contributed by atoms with Gasteiger partial charge in [0, 0.05) is 13.1 Å². The summed E-state index contributed by atoms with van der Waals surface area (Å²) in [6.45, 7) is 8.45. The lowest BCUT2D eigenvalue weighted by Gasteiger charge is -2.27. The molecule has 0 radical (unpaired) electrons. The van der Waals surface area contributed by atoms with Gasteiger partial charge in [0.15, 0.2) is 0 Å². The van der Waals surface area contributed by atoms with E-state index in [0.29, 0.717) is 0 Å². The minimum Gasteiger partial charge on any atom is -0.333 e. The largest absolute Gasteiger partial charge is 0.394 e. The van der Waals surface area contributed by atoms with Crippen molar-refractivity contribution in [2.24, 2.45) is 11.5 Å². The second-order valence-corrected chi connectivity index (χ2v) is 10.1. The van der Waals surface area contributed by atoms with Gasteiger partial charge in [-0.2, -0.15) is 8.42 Å². The molecule has 0 aliphatic carbocycles. The average Bonchev–Trinajstić information content (AvgIpc) is 3.17. The summed E-state index contributed by atoms with van der Waals surface area (Å²) in [5.74, 6) is 0. The van der Waals surface area contributed by atoms with Gasteiger partial charge in [-0.3, -0.25) is 18.9 Å². The lowest BCUT2D eigenvalue weighted by Crippen LogP contribution is -2.37. The molecule has 0 saturated carbocycles. The van der Waals surface area contributed by atoms with E-state index < -0.39 is 10.4 Å². The zero-order valence-electron chi connectivity index (χ0n) is 23.9. The third-order valence-electron chi connectivity index (χ3n) is 6.25. The topological polar surface area (TPSA) is 133 Å². The molecule has 8 nitrogen and oxygen atoms in total. The van der Waals surface area contributed by atoms with Crippen molar-refractivity contribution in [1.82, 2.24) is 9.80 Å². The predicted molar refractivity (Wildman–Crippen MR) is 152 cm³/mol. The Morgan fingerprint density at radius 1 is 0.657 bits per heavy atom. The molecule has 1 rings (SSSR count). The van der Waals surface area contributed by atoms with Crippen molar-refractivity contribution in [2.75, 3.05) is 40.8 Å². The number of nitrogens with zero attached hydrogens (tertiary/aromatic N) is 2. The Balaban J connectivity index is -0.000000987. The predicted octanol–water partition coefficient (Wildman–Crippen LogP) is 5.73. The molecule has 0 spiro atoms. The number of rotatable bonds is 18. The standard InChI is InChI=1S/C24H50N2.2CH5N.H2O4S/c1-4-6-7-8-9-10-11-12-13-14-15-16-17-18-19-20-24-25(3)22-23-26(24)21-5-2;2*1-2;1-5(2,3)4/h24H,4-23H2,1-3H3;2*2H2,1H3;(H2,1,2,3,4). The minimum atomic E-state index is -4.67. The normalized spacial score (nSPS) is 16.0. The number of nitrogens with two attached hydrogens (primary N) is 2. The van der Waals surface area contributed by atoms with Crippen LogP contribution < -0.4 is 11.5 Å². The van der Waals surface area contributed by atoms with Gasteiger partial charge in [0.1, 0.15) is 0 Å². The summed E-state index contributed by atoms with van der Waals surface area (Å²) in [5, 5.41) is 0. The van der Waals surface area contributed by atoms with Crippen LogP contribution in [0.25, 0.3) is 0 Å². The van der Waals surface area contributed by atoms with Gasteiger partial charge in [0.25, 0.3) is 0 Å². The number of hydrogen-bond donors (Lipinski definition) is 4. The van der Waals surface area contributed by atoms with E-state index in [1.165, 1.54) is 143 Å². The molecule has 35 heavy (non-hydrogen) atoms. The van der Waals surface area contributed by atoms with Crippen LogP contribution in [0.4, 0.5) is 0 Å². The minimum absolute atomic E-state index is 0.733. The monoisotopic (exact) mass is 526 g/mol. The van der Waals surface area contributed by atoms with Crippen LogP contribution in [0.5, 0.6) is 0 Å². The third-order valence-corrected chi connectivity index (χ3v) is 6.25. The van der Waals surface area contributed by atoms with Crippen molar-refractivity contribution < 1.29 is 17.5 Å². The molecule has 1 aliphatic rings. The summed E-state index contributed by atoms with van der Waals surface area (Å²) in [6, 6.07) is 0. The van der Waals surface area contributed by atoms with Crippen LogP contribution in [0, 0.1) is 0 Å². The first-order valence-corrected chi connectivity index (χ1v) is 15.5. The smallest absolute Gasteiger partial charge is 0.333 e. The Hall–Kier alpha value is -0.290. The molecule has 1 aliphatic heterocycles. The van der Waals surface area contributed by atoms with Gasteiger partial charge in [-0.05, 0) is 40.5 Å². The molecule has 0 aromatic rings. The van der Waals surface area contributed by atoms with Crippen molar-refractivity contribution in [2.45, 2.75) is 129 Å². The van der Waals surface area contributed by atoms with Crippen LogP contribution in [-0.4, -0.2) is 74.3 Å². The van der Waals surface area contributed by atoms with Crippen LogP contribution in [0.15, 0.2) is 0 Å². The SMILES string of the molecule is CCCCCCCCCCCCCCCCCC1N(C)CCN1CCC.CN.CN.O=S(=O)(O)O. The maximum atomic E-state index is 8.74. The molecule has 1 heterocycles. The van der Waals surface area contributed by atoms with Crippen molar-refractivity contribution in [3.05, 3.63) is 0 Å². The highest BCUT2D eigenvalue weighted by atomic mass is 32.3. The third kappa shape index (κ3) is 31.7. The summed E-state index contributed by atoms with van der Waals surface area (Å²) in [4.78, 5) is 5.27. The Labute approximate surface area is 219 Å². The van der Waals surface area contributed by atoms with Gasteiger partial charge in [-0.25, -0.2) is 0 Å². The van der Waals surface area contributed by atoms with Crippen LogP contribution in [0.1, 0.15) is 123 Å². The van der Waals surface area contributed by atoms with E-state index in [2.05, 4.69) is 42.2 Å². The molecule has 216 valence electrons. The number of hydrogen-bond acceptors (Lipinski definition) is 6. The maximum Gasteiger partial charge on any atom is 0.394 e. The first-order chi connectivity index (χ1) is 16.8. The van der Waals surface area contributed by atoms with Crippen molar-refractivity contribution in [3.8, 4) is 0 Å². The summed E-state index contributed by atoms with van der Waals surface area (Å²) in [6.07, 6.45) is 25.3. The second kappa shape index (κ2) is 29.9. The summed E-state index contributed by atoms with van der Waals surface area (Å²) in [5.41, 5.74) is 9.00. The van der Waals surface area contributed by atoms with E-state index >= 15 is 0 Å². The molecular formula is C26H62N4O4S. The van der Waals surface area contributed by atoms with E-state index in [-0.39, 0.29) is 0 Å². The molecule has 1 unspecified atom stereocenters. The highest BCUT2D eigenvalue weighted by molar-refractivity contribution is 7.79. The molecule has 0 aromatic heterocycles. The van der Waals surface area contributed by atoms with Gasteiger partial charge in [0.2, 0.25) is 0 Å². The lowest BCUT2D eigenvalue weighted by molar-refractivity contribution is 0.145. The van der Waals surface area contributed by atoms with E-state index in [4.69, 9.17) is 17.5 Å². The van der Waals surface area contributed by atoms with Gasteiger partial charge in [0.05, 0.1) is 6.17 Å². The van der Waals surface area contributed by atoms with Crippen LogP contribution in [-0.2, 0) is 10.4 Å². The quantitative estimate of drug-likeness (QED) is 0.131. The van der Waals surface area contributed by atoms with Crippen LogP contribution in [0.3, 0.4) is 0 Å². The van der Waals surface area contributed by atoms with Gasteiger partial charge in [-0.1, -0.05) is 110 Å². The first kappa shape index (κ1) is 39.2. The fraction of sp³-hybridized carbons (Fsp3) is 1.00.